The summed E-state index contributed by atoms with van der Waals surface area (Å²) in [6.45, 7) is 3.28. The minimum Gasteiger partial charge on any atom is -0.329 e. The first kappa shape index (κ1) is 9.55. The van der Waals surface area contributed by atoms with E-state index in [1.807, 2.05) is 0 Å². The fraction of sp³-hybridized carbons (Fsp3) is 0.833. The van der Waals surface area contributed by atoms with Gasteiger partial charge in [0.2, 0.25) is 0 Å². The summed E-state index contributed by atoms with van der Waals surface area (Å²) in [5, 5.41) is 2.95. The molecule has 0 bridgehead atoms. The van der Waals surface area contributed by atoms with Gasteiger partial charge < -0.3 is 16.8 Å². The molecule has 0 aliphatic rings. The summed E-state index contributed by atoms with van der Waals surface area (Å²) in [5.74, 6) is 0.00419. The van der Waals surface area contributed by atoms with Gasteiger partial charge in [0.15, 0.2) is 0 Å². The van der Waals surface area contributed by atoms with E-state index in [2.05, 4.69) is 5.32 Å². The van der Waals surface area contributed by atoms with Gasteiger partial charge in [-0.1, -0.05) is 0 Å². The van der Waals surface area contributed by atoms with Gasteiger partial charge in [-0.2, -0.15) is 0 Å². The molecule has 4 nitrogen and oxygen atoms in total. The third kappa shape index (κ3) is 4.43. The number of hydrogen-bond acceptors (Lipinski definition) is 4. The van der Waals surface area contributed by atoms with Crippen molar-refractivity contribution in [3.8, 4) is 0 Å². The standard InChI is InChI=1S/C6H15N3O/c1-5(10)6(8)4-9-3-2-7/h6,9H,2-4,7-8H2,1H3/t6-/m1/s1. The van der Waals surface area contributed by atoms with E-state index < -0.39 is 0 Å². The fourth-order valence-electron chi connectivity index (χ4n) is 0.503. The van der Waals surface area contributed by atoms with Crippen molar-refractivity contribution in [2.75, 3.05) is 19.6 Å². The van der Waals surface area contributed by atoms with Crippen LogP contribution in [0.4, 0.5) is 0 Å². The van der Waals surface area contributed by atoms with Gasteiger partial charge in [-0.05, 0) is 6.92 Å². The Morgan fingerprint density at radius 3 is 2.70 bits per heavy atom. The van der Waals surface area contributed by atoms with Gasteiger partial charge in [0.25, 0.3) is 0 Å². The molecule has 0 aliphatic carbocycles. The van der Waals surface area contributed by atoms with E-state index in [4.69, 9.17) is 11.5 Å². The Kier molecular flexibility index (Phi) is 5.10. The molecule has 0 fully saturated rings. The lowest BCUT2D eigenvalue weighted by Gasteiger charge is -2.07. The molecule has 0 aromatic rings. The average Bonchev–Trinajstić information content (AvgIpc) is 1.88. The predicted octanol–water partition coefficient (Wildman–Crippen LogP) is -1.55. The maximum absolute atomic E-state index is 10.5. The maximum Gasteiger partial charge on any atom is 0.147 e. The van der Waals surface area contributed by atoms with Gasteiger partial charge in [0.1, 0.15) is 5.78 Å². The first-order valence-electron chi connectivity index (χ1n) is 3.35. The van der Waals surface area contributed by atoms with Crippen molar-refractivity contribution in [3.63, 3.8) is 0 Å². The van der Waals surface area contributed by atoms with E-state index in [0.29, 0.717) is 19.6 Å². The van der Waals surface area contributed by atoms with Crippen molar-refractivity contribution in [1.29, 1.82) is 0 Å². The molecule has 0 heterocycles. The number of carbonyl (C=O) groups is 1. The Morgan fingerprint density at radius 1 is 1.70 bits per heavy atom. The molecule has 0 unspecified atom stereocenters. The largest absolute Gasteiger partial charge is 0.329 e. The molecule has 0 rings (SSSR count). The number of nitrogens with one attached hydrogen (secondary N) is 1. The molecule has 0 aromatic carbocycles. The van der Waals surface area contributed by atoms with Gasteiger partial charge >= 0.3 is 0 Å². The molecule has 4 heteroatoms. The second kappa shape index (κ2) is 5.34. The Morgan fingerprint density at radius 2 is 2.30 bits per heavy atom. The highest BCUT2D eigenvalue weighted by molar-refractivity contribution is 5.81. The molecule has 0 saturated carbocycles. The third-order valence-corrected chi connectivity index (χ3v) is 1.21. The molecule has 0 saturated heterocycles. The van der Waals surface area contributed by atoms with Crippen LogP contribution in [0.25, 0.3) is 0 Å². The Balaban J connectivity index is 3.21. The van der Waals surface area contributed by atoms with Crippen LogP contribution in [-0.2, 0) is 4.79 Å². The molecule has 1 atom stereocenters. The molecular weight excluding hydrogens is 130 g/mol. The van der Waals surface area contributed by atoms with Crippen molar-refractivity contribution in [3.05, 3.63) is 0 Å². The summed E-state index contributed by atoms with van der Waals surface area (Å²) in [5.41, 5.74) is 10.6. The topological polar surface area (TPSA) is 81.1 Å². The highest BCUT2D eigenvalue weighted by atomic mass is 16.1. The summed E-state index contributed by atoms with van der Waals surface area (Å²) < 4.78 is 0. The summed E-state index contributed by atoms with van der Waals surface area (Å²) in [7, 11) is 0. The van der Waals surface area contributed by atoms with Crippen molar-refractivity contribution in [2.45, 2.75) is 13.0 Å². The van der Waals surface area contributed by atoms with Crippen LogP contribution in [0.15, 0.2) is 0 Å². The van der Waals surface area contributed by atoms with Gasteiger partial charge in [-0.25, -0.2) is 0 Å². The SMILES string of the molecule is CC(=O)[C@H](N)CNCCN. The van der Waals surface area contributed by atoms with Crippen molar-refractivity contribution in [2.24, 2.45) is 11.5 Å². The van der Waals surface area contributed by atoms with Gasteiger partial charge in [-0.3, -0.25) is 4.79 Å². The second-order valence-corrected chi connectivity index (χ2v) is 2.21. The fourth-order valence-corrected chi connectivity index (χ4v) is 0.503. The summed E-state index contributed by atoms with van der Waals surface area (Å²) in [6, 6.07) is -0.383. The Hall–Kier alpha value is -0.450. The van der Waals surface area contributed by atoms with E-state index >= 15 is 0 Å². The predicted molar refractivity (Wildman–Crippen MR) is 40.6 cm³/mol. The maximum atomic E-state index is 10.5. The lowest BCUT2D eigenvalue weighted by atomic mass is 10.2. The first-order chi connectivity index (χ1) is 4.68. The van der Waals surface area contributed by atoms with E-state index in [9.17, 15) is 4.79 Å². The molecule has 0 radical (unpaired) electrons. The lowest BCUT2D eigenvalue weighted by molar-refractivity contribution is -0.118. The van der Waals surface area contributed by atoms with Gasteiger partial charge in [-0.15, -0.1) is 0 Å². The van der Waals surface area contributed by atoms with Crippen LogP contribution >= 0.6 is 0 Å². The van der Waals surface area contributed by atoms with Crippen molar-refractivity contribution in [1.82, 2.24) is 5.32 Å². The summed E-state index contributed by atoms with van der Waals surface area (Å²) in [6.07, 6.45) is 0. The molecule has 60 valence electrons. The smallest absolute Gasteiger partial charge is 0.147 e. The quantitative estimate of drug-likeness (QED) is 0.409. The number of Topliss-reactive ketones (excluding diaryl/α,β-unsaturated/α-hetero) is 1. The number of nitrogens with two attached hydrogens (primary N) is 2. The van der Waals surface area contributed by atoms with Gasteiger partial charge in [0, 0.05) is 19.6 Å². The zero-order valence-electron chi connectivity index (χ0n) is 6.26. The number of ketones is 1. The molecule has 0 aromatic heterocycles. The van der Waals surface area contributed by atoms with E-state index in [0.717, 1.165) is 0 Å². The van der Waals surface area contributed by atoms with Crippen LogP contribution in [0.5, 0.6) is 0 Å². The normalized spacial score (nSPS) is 13.1. The second-order valence-electron chi connectivity index (χ2n) is 2.21. The van der Waals surface area contributed by atoms with E-state index in [1.54, 1.807) is 0 Å². The molecule has 0 spiro atoms. The summed E-state index contributed by atoms with van der Waals surface area (Å²) >= 11 is 0. The van der Waals surface area contributed by atoms with Crippen LogP contribution < -0.4 is 16.8 Å². The van der Waals surface area contributed by atoms with Gasteiger partial charge in [0.05, 0.1) is 6.04 Å². The van der Waals surface area contributed by atoms with Crippen LogP contribution in [0.1, 0.15) is 6.92 Å². The molecule has 0 aliphatic heterocycles. The van der Waals surface area contributed by atoms with Crippen LogP contribution in [0.2, 0.25) is 0 Å². The molecule has 10 heavy (non-hydrogen) atoms. The number of carbonyl (C=O) groups excluding carboxylic acids is 1. The van der Waals surface area contributed by atoms with Crippen LogP contribution in [-0.4, -0.2) is 31.5 Å². The molecular formula is C6H15N3O. The number of hydrogen-bond donors (Lipinski definition) is 3. The minimum atomic E-state index is -0.383. The van der Waals surface area contributed by atoms with Crippen LogP contribution in [0, 0.1) is 0 Å². The molecule has 5 N–H and O–H groups in total. The first-order valence-corrected chi connectivity index (χ1v) is 3.35. The van der Waals surface area contributed by atoms with Crippen LogP contribution in [0.3, 0.4) is 0 Å². The van der Waals surface area contributed by atoms with Crippen molar-refractivity contribution >= 4 is 5.78 Å². The Bertz CT molecular complexity index is 105. The summed E-state index contributed by atoms with van der Waals surface area (Å²) in [4.78, 5) is 10.5. The monoisotopic (exact) mass is 145 g/mol. The minimum absolute atomic E-state index is 0.00419. The zero-order valence-corrected chi connectivity index (χ0v) is 6.26. The van der Waals surface area contributed by atoms with E-state index in [-0.39, 0.29) is 11.8 Å². The lowest BCUT2D eigenvalue weighted by Crippen LogP contribution is -2.40. The zero-order chi connectivity index (χ0) is 7.98. The third-order valence-electron chi connectivity index (χ3n) is 1.21. The average molecular weight is 145 g/mol. The Labute approximate surface area is 61.0 Å². The van der Waals surface area contributed by atoms with E-state index in [1.165, 1.54) is 6.92 Å². The molecule has 0 amide bonds. The highest BCUT2D eigenvalue weighted by Crippen LogP contribution is 1.76. The van der Waals surface area contributed by atoms with Crippen molar-refractivity contribution < 1.29 is 4.79 Å². The highest BCUT2D eigenvalue weighted by Gasteiger charge is 2.05. The number of rotatable bonds is 5.